The van der Waals surface area contributed by atoms with Crippen molar-refractivity contribution in [2.75, 3.05) is 0 Å². The molecule has 0 aromatic carbocycles. The third-order valence-electron chi connectivity index (χ3n) is 1.32. The first-order valence-electron chi connectivity index (χ1n) is 2.67. The number of rotatable bonds is 0. The van der Waals surface area contributed by atoms with E-state index < -0.39 is 9.84 Å². The molecule has 4 nitrogen and oxygen atoms in total. The van der Waals surface area contributed by atoms with Gasteiger partial charge in [0.15, 0.2) is 5.03 Å². The van der Waals surface area contributed by atoms with Crippen LogP contribution in [0.1, 0.15) is 5.69 Å². The van der Waals surface area contributed by atoms with Crippen LogP contribution in [0.4, 0.5) is 0 Å². The molecule has 1 aliphatic heterocycles. The number of H-pyrrole nitrogens is 1. The third kappa shape index (κ3) is 0.550. The molecule has 2 rings (SSSR count). The smallest absolute Gasteiger partial charge is 0.217 e. The number of nitrogens with zero attached hydrogens (tertiary/aromatic N) is 1. The number of aromatic amines is 1. The Kier molecular flexibility index (Phi) is 0.843. The van der Waals surface area contributed by atoms with Gasteiger partial charge in [0, 0.05) is 5.41 Å². The van der Waals surface area contributed by atoms with Crippen molar-refractivity contribution in [1.29, 1.82) is 0 Å². The first kappa shape index (κ1) is 5.67. The average molecular weight is 156 g/mol. The van der Waals surface area contributed by atoms with Gasteiger partial charge in [-0.1, -0.05) is 0 Å². The van der Waals surface area contributed by atoms with E-state index in [0.29, 0.717) is 5.69 Å². The summed E-state index contributed by atoms with van der Waals surface area (Å²) in [5, 5.41) is 1.34. The van der Waals surface area contributed by atoms with Crippen molar-refractivity contribution >= 4 is 15.9 Å². The van der Waals surface area contributed by atoms with E-state index >= 15 is 0 Å². The summed E-state index contributed by atoms with van der Waals surface area (Å²) in [5.41, 5.74) is 0.500. The minimum Gasteiger partial charge on any atom is -0.335 e. The highest BCUT2D eigenvalue weighted by molar-refractivity contribution is 7.94. The number of imidazole rings is 1. The standard InChI is InChI=1S/C5H4N2O2S/c8-10(9)2-1-4-5(10)7-3-6-4/h1-3H,(H,6,7). The van der Waals surface area contributed by atoms with Gasteiger partial charge < -0.3 is 4.98 Å². The maximum atomic E-state index is 11.0. The predicted molar refractivity (Wildman–Crippen MR) is 34.8 cm³/mol. The van der Waals surface area contributed by atoms with Crippen molar-refractivity contribution in [3.05, 3.63) is 17.4 Å². The minimum atomic E-state index is -3.16. The summed E-state index contributed by atoms with van der Waals surface area (Å²) in [6.45, 7) is 0. The highest BCUT2D eigenvalue weighted by Crippen LogP contribution is 2.21. The number of nitrogens with one attached hydrogen (secondary N) is 1. The maximum absolute atomic E-state index is 11.0. The first-order valence-corrected chi connectivity index (χ1v) is 4.21. The van der Waals surface area contributed by atoms with E-state index in [-0.39, 0.29) is 5.03 Å². The molecule has 0 saturated heterocycles. The summed E-state index contributed by atoms with van der Waals surface area (Å²) >= 11 is 0. The molecule has 2 heterocycles. The van der Waals surface area contributed by atoms with Gasteiger partial charge in [-0.2, -0.15) is 0 Å². The largest absolute Gasteiger partial charge is 0.335 e. The monoisotopic (exact) mass is 156 g/mol. The molecule has 1 aromatic rings. The zero-order chi connectivity index (χ0) is 7.19. The van der Waals surface area contributed by atoms with Crippen molar-refractivity contribution in [1.82, 2.24) is 9.97 Å². The quantitative estimate of drug-likeness (QED) is 0.582. The summed E-state index contributed by atoms with van der Waals surface area (Å²) in [4.78, 5) is 6.32. The van der Waals surface area contributed by atoms with Crippen LogP contribution in [0.25, 0.3) is 6.08 Å². The van der Waals surface area contributed by atoms with Crippen LogP contribution in [-0.2, 0) is 9.84 Å². The molecular weight excluding hydrogens is 152 g/mol. The van der Waals surface area contributed by atoms with E-state index in [9.17, 15) is 8.42 Å². The molecular formula is C5H4N2O2S. The summed E-state index contributed by atoms with van der Waals surface area (Å²) in [5.74, 6) is 0. The number of hydrogen-bond acceptors (Lipinski definition) is 3. The van der Waals surface area contributed by atoms with Gasteiger partial charge in [-0.3, -0.25) is 0 Å². The third-order valence-corrected chi connectivity index (χ3v) is 2.71. The molecule has 0 fully saturated rings. The van der Waals surface area contributed by atoms with Crippen molar-refractivity contribution < 1.29 is 8.42 Å². The second-order valence-electron chi connectivity index (χ2n) is 1.96. The van der Waals surface area contributed by atoms with Gasteiger partial charge in [0.25, 0.3) is 0 Å². The maximum Gasteiger partial charge on any atom is 0.217 e. The van der Waals surface area contributed by atoms with Crippen LogP contribution >= 0.6 is 0 Å². The second kappa shape index (κ2) is 1.49. The molecule has 0 radical (unpaired) electrons. The van der Waals surface area contributed by atoms with E-state index in [4.69, 9.17) is 0 Å². The second-order valence-corrected chi connectivity index (χ2v) is 3.74. The zero-order valence-corrected chi connectivity index (χ0v) is 5.72. The fourth-order valence-electron chi connectivity index (χ4n) is 0.862. The van der Waals surface area contributed by atoms with Gasteiger partial charge in [-0.25, -0.2) is 13.4 Å². The number of hydrogen-bond donors (Lipinski definition) is 1. The molecule has 5 heteroatoms. The summed E-state index contributed by atoms with van der Waals surface area (Å²) < 4.78 is 21.9. The Hall–Kier alpha value is -1.10. The highest BCUT2D eigenvalue weighted by Gasteiger charge is 2.22. The van der Waals surface area contributed by atoms with E-state index in [1.54, 1.807) is 0 Å². The number of fused-ring (bicyclic) bond motifs is 1. The molecule has 0 aliphatic carbocycles. The molecule has 0 atom stereocenters. The van der Waals surface area contributed by atoms with E-state index in [0.717, 1.165) is 5.41 Å². The molecule has 0 spiro atoms. The molecule has 52 valence electrons. The normalized spacial score (nSPS) is 19.2. The number of aromatic nitrogens is 2. The topological polar surface area (TPSA) is 62.8 Å². The Morgan fingerprint density at radius 2 is 2.30 bits per heavy atom. The van der Waals surface area contributed by atoms with Gasteiger partial charge >= 0.3 is 0 Å². The lowest BCUT2D eigenvalue weighted by Crippen LogP contribution is -1.92. The lowest BCUT2D eigenvalue weighted by Gasteiger charge is -1.85. The van der Waals surface area contributed by atoms with Gasteiger partial charge in [0.1, 0.15) is 5.69 Å². The van der Waals surface area contributed by atoms with Gasteiger partial charge in [-0.05, 0) is 6.08 Å². The van der Waals surface area contributed by atoms with Gasteiger partial charge in [-0.15, -0.1) is 0 Å². The lowest BCUT2D eigenvalue weighted by molar-refractivity contribution is 0.603. The van der Waals surface area contributed by atoms with Crippen LogP contribution in [0, 0.1) is 0 Å². The molecule has 10 heavy (non-hydrogen) atoms. The Morgan fingerprint density at radius 3 is 3.00 bits per heavy atom. The summed E-state index contributed by atoms with van der Waals surface area (Å²) in [6.07, 6.45) is 2.84. The first-order chi connectivity index (χ1) is 4.70. The summed E-state index contributed by atoms with van der Waals surface area (Å²) in [6, 6.07) is 0. The van der Waals surface area contributed by atoms with Crippen molar-refractivity contribution in [2.24, 2.45) is 0 Å². The van der Waals surface area contributed by atoms with Gasteiger partial charge in [0.05, 0.1) is 6.33 Å². The van der Waals surface area contributed by atoms with Crippen molar-refractivity contribution in [3.63, 3.8) is 0 Å². The molecule has 1 aromatic heterocycles. The fraction of sp³-hybridized carbons (Fsp3) is 0. The Bertz CT molecular complexity index is 388. The Morgan fingerprint density at radius 1 is 1.50 bits per heavy atom. The molecule has 0 amide bonds. The van der Waals surface area contributed by atoms with Crippen LogP contribution in [0.3, 0.4) is 0 Å². The van der Waals surface area contributed by atoms with Crippen LogP contribution in [-0.4, -0.2) is 18.4 Å². The predicted octanol–water partition coefficient (Wildman–Crippen LogP) is 0.168. The lowest BCUT2D eigenvalue weighted by atomic mass is 10.5. The Balaban J connectivity index is 2.88. The Labute approximate surface area is 57.5 Å². The van der Waals surface area contributed by atoms with Crippen LogP contribution in [0.15, 0.2) is 16.8 Å². The van der Waals surface area contributed by atoms with Crippen LogP contribution < -0.4 is 0 Å². The van der Waals surface area contributed by atoms with Crippen LogP contribution in [0.2, 0.25) is 0 Å². The summed E-state index contributed by atoms with van der Waals surface area (Å²) in [7, 11) is -3.16. The van der Waals surface area contributed by atoms with E-state index in [2.05, 4.69) is 9.97 Å². The average Bonchev–Trinajstić information content (AvgIpc) is 2.36. The molecule has 0 bridgehead atoms. The van der Waals surface area contributed by atoms with Crippen molar-refractivity contribution in [2.45, 2.75) is 5.03 Å². The minimum absolute atomic E-state index is 0.201. The molecule has 1 N–H and O–H groups in total. The van der Waals surface area contributed by atoms with E-state index in [1.165, 1.54) is 12.4 Å². The highest BCUT2D eigenvalue weighted by atomic mass is 32.2. The van der Waals surface area contributed by atoms with E-state index in [1.807, 2.05) is 0 Å². The zero-order valence-electron chi connectivity index (χ0n) is 4.90. The van der Waals surface area contributed by atoms with Gasteiger partial charge in [0.2, 0.25) is 9.84 Å². The van der Waals surface area contributed by atoms with Crippen molar-refractivity contribution in [3.8, 4) is 0 Å². The molecule has 1 aliphatic rings. The molecule has 0 unspecified atom stereocenters. The van der Waals surface area contributed by atoms with Crippen LogP contribution in [0.5, 0.6) is 0 Å². The SMILES string of the molecule is O=S1(=O)C=Cc2nc[nH]c21. The fourth-order valence-corrected chi connectivity index (χ4v) is 1.94. The number of sulfone groups is 1. The molecule has 0 saturated carbocycles.